The number of aromatic nitrogens is 2. The number of H-pyrrole nitrogens is 1. The quantitative estimate of drug-likeness (QED) is 0.287. The molecule has 1 aromatic heterocycles. The Hall–Kier alpha value is -3.09. The van der Waals surface area contributed by atoms with Gasteiger partial charge >= 0.3 is 12.4 Å². The molecule has 0 radical (unpaired) electrons. The monoisotopic (exact) mass is 566 g/mol. The standard InChI is InChI=1S/C21H17Cl2F3N4O.C2HF3O/c1-30-9-16(14-6-12(22)7-18(23)17(14)10-30)11-3-2-4-13(5-11)28-20(31)15-8-27-29-19(15)21(24,25)26;3-2(4,5)1-6/h2-8,16H,9-10H2,1H3,(H,27,29)(H,28,31);1H. The van der Waals surface area contributed by atoms with Crippen LogP contribution < -0.4 is 5.32 Å². The molecular formula is C23H18Cl2F6N4O2. The minimum Gasteiger partial charge on any atom is -0.322 e. The third-order valence-electron chi connectivity index (χ3n) is 5.34. The van der Waals surface area contributed by atoms with Crippen LogP contribution in [0.15, 0.2) is 42.6 Å². The maximum atomic E-state index is 13.1. The fourth-order valence-electron chi connectivity index (χ4n) is 3.84. The summed E-state index contributed by atoms with van der Waals surface area (Å²) in [5.74, 6) is -0.966. The molecule has 3 aromatic rings. The van der Waals surface area contributed by atoms with Crippen molar-refractivity contribution in [3.63, 3.8) is 0 Å². The number of nitrogens with zero attached hydrogens (tertiary/aromatic N) is 2. The van der Waals surface area contributed by atoms with E-state index in [0.29, 0.717) is 28.8 Å². The van der Waals surface area contributed by atoms with Crippen molar-refractivity contribution in [2.45, 2.75) is 24.8 Å². The fourth-order valence-corrected chi connectivity index (χ4v) is 4.41. The molecule has 1 atom stereocenters. The van der Waals surface area contributed by atoms with Gasteiger partial charge in [0.25, 0.3) is 5.91 Å². The molecule has 0 bridgehead atoms. The maximum Gasteiger partial charge on any atom is 0.446 e. The van der Waals surface area contributed by atoms with Crippen LogP contribution in [0.1, 0.15) is 38.7 Å². The third kappa shape index (κ3) is 7.24. The van der Waals surface area contributed by atoms with E-state index in [9.17, 15) is 31.1 Å². The van der Waals surface area contributed by atoms with E-state index in [1.165, 1.54) is 0 Å². The van der Waals surface area contributed by atoms with Gasteiger partial charge in [0.2, 0.25) is 6.29 Å². The molecule has 1 amide bonds. The predicted octanol–water partition coefficient (Wildman–Crippen LogP) is 6.31. The number of carbonyl (C=O) groups excluding carboxylic acids is 2. The molecule has 1 aliphatic rings. The second-order valence-corrected chi connectivity index (χ2v) is 8.94. The second kappa shape index (κ2) is 11.1. The highest BCUT2D eigenvalue weighted by atomic mass is 35.5. The van der Waals surface area contributed by atoms with Gasteiger partial charge in [0.15, 0.2) is 5.69 Å². The van der Waals surface area contributed by atoms with Gasteiger partial charge in [0.1, 0.15) is 0 Å². The van der Waals surface area contributed by atoms with Crippen LogP contribution in [0.2, 0.25) is 10.0 Å². The summed E-state index contributed by atoms with van der Waals surface area (Å²) in [6.45, 7) is 1.37. The van der Waals surface area contributed by atoms with E-state index in [1.54, 1.807) is 24.3 Å². The van der Waals surface area contributed by atoms with Crippen LogP contribution >= 0.6 is 23.2 Å². The summed E-state index contributed by atoms with van der Waals surface area (Å²) in [6, 6.07) is 10.6. The lowest BCUT2D eigenvalue weighted by Gasteiger charge is -2.33. The van der Waals surface area contributed by atoms with Gasteiger partial charge in [-0.25, -0.2) is 0 Å². The van der Waals surface area contributed by atoms with Crippen molar-refractivity contribution in [3.8, 4) is 0 Å². The Morgan fingerprint density at radius 3 is 2.46 bits per heavy atom. The molecule has 0 spiro atoms. The number of carbonyl (C=O) groups is 2. The first-order chi connectivity index (χ1) is 17.2. The van der Waals surface area contributed by atoms with Gasteiger partial charge in [-0.1, -0.05) is 35.3 Å². The van der Waals surface area contributed by atoms with E-state index in [0.717, 1.165) is 22.9 Å². The van der Waals surface area contributed by atoms with E-state index in [1.807, 2.05) is 24.3 Å². The summed E-state index contributed by atoms with van der Waals surface area (Å²) < 4.78 is 70.4. The van der Waals surface area contributed by atoms with Crippen molar-refractivity contribution >= 4 is 41.1 Å². The number of nitrogens with one attached hydrogen (secondary N) is 2. The zero-order chi connectivity index (χ0) is 27.5. The van der Waals surface area contributed by atoms with Crippen molar-refractivity contribution < 1.29 is 35.9 Å². The van der Waals surface area contributed by atoms with Crippen molar-refractivity contribution in [3.05, 3.63) is 80.6 Å². The zero-order valence-electron chi connectivity index (χ0n) is 18.8. The van der Waals surface area contributed by atoms with Gasteiger partial charge < -0.3 is 10.2 Å². The van der Waals surface area contributed by atoms with Gasteiger partial charge in [0.05, 0.1) is 11.8 Å². The summed E-state index contributed by atoms with van der Waals surface area (Å²) in [5, 5.41) is 8.84. The minimum atomic E-state index is -4.71. The molecule has 198 valence electrons. The normalized spacial score (nSPS) is 15.9. The van der Waals surface area contributed by atoms with Crippen LogP contribution in [0.25, 0.3) is 0 Å². The number of hydrogen-bond acceptors (Lipinski definition) is 4. The molecule has 2 aromatic carbocycles. The summed E-state index contributed by atoms with van der Waals surface area (Å²) in [4.78, 5) is 23.3. The SMILES string of the molecule is CN1Cc2c(Cl)cc(Cl)cc2C(c2cccc(NC(=O)c3cn[nH]c3C(F)(F)F)c2)C1.O=CC(F)(F)F. The number of anilines is 1. The number of amides is 1. The molecule has 4 rings (SSSR count). The number of rotatable bonds is 3. The first-order valence-corrected chi connectivity index (χ1v) is 11.2. The number of hydrogen-bond donors (Lipinski definition) is 2. The minimum absolute atomic E-state index is 0.0681. The predicted molar refractivity (Wildman–Crippen MR) is 125 cm³/mol. The highest BCUT2D eigenvalue weighted by Gasteiger charge is 2.37. The summed E-state index contributed by atoms with van der Waals surface area (Å²) in [5.41, 5.74) is 1.47. The molecular weight excluding hydrogens is 549 g/mol. The third-order valence-corrected chi connectivity index (χ3v) is 5.90. The Kier molecular flexibility index (Phi) is 8.56. The number of aldehydes is 1. The van der Waals surface area contributed by atoms with E-state index in [2.05, 4.69) is 15.3 Å². The van der Waals surface area contributed by atoms with Crippen LogP contribution in [0, 0.1) is 0 Å². The Bertz CT molecular complexity index is 1290. The van der Waals surface area contributed by atoms with Gasteiger partial charge in [-0.05, 0) is 48.0 Å². The van der Waals surface area contributed by atoms with E-state index in [-0.39, 0.29) is 5.92 Å². The smallest absolute Gasteiger partial charge is 0.322 e. The van der Waals surface area contributed by atoms with Crippen molar-refractivity contribution in [2.75, 3.05) is 18.9 Å². The number of likely N-dealkylation sites (N-methyl/N-ethyl adjacent to an activating group) is 1. The van der Waals surface area contributed by atoms with Crippen molar-refractivity contribution in [1.82, 2.24) is 15.1 Å². The van der Waals surface area contributed by atoms with Gasteiger partial charge in [-0.15, -0.1) is 0 Å². The number of fused-ring (bicyclic) bond motifs is 1. The molecule has 0 saturated carbocycles. The molecule has 2 N–H and O–H groups in total. The lowest BCUT2D eigenvalue weighted by atomic mass is 9.84. The number of benzene rings is 2. The summed E-state index contributed by atoms with van der Waals surface area (Å²) >= 11 is 12.6. The van der Waals surface area contributed by atoms with Crippen LogP contribution in [0.4, 0.5) is 32.0 Å². The van der Waals surface area contributed by atoms with E-state index < -0.39 is 35.8 Å². The Morgan fingerprint density at radius 1 is 1.16 bits per heavy atom. The maximum absolute atomic E-state index is 13.1. The Morgan fingerprint density at radius 2 is 1.84 bits per heavy atom. The molecule has 14 heteroatoms. The second-order valence-electron chi connectivity index (χ2n) is 8.10. The topological polar surface area (TPSA) is 78.1 Å². The van der Waals surface area contributed by atoms with Gasteiger partial charge in [0, 0.05) is 34.7 Å². The van der Waals surface area contributed by atoms with Gasteiger partial charge in [-0.3, -0.25) is 14.7 Å². The summed E-state index contributed by atoms with van der Waals surface area (Å²) in [6.07, 6.45) is -9.55. The molecule has 0 fully saturated rings. The molecule has 6 nitrogen and oxygen atoms in total. The number of alkyl halides is 6. The van der Waals surface area contributed by atoms with Crippen molar-refractivity contribution in [1.29, 1.82) is 0 Å². The average Bonchev–Trinajstić information content (AvgIpc) is 3.30. The molecule has 1 aliphatic heterocycles. The fraction of sp³-hybridized carbons (Fsp3) is 0.261. The van der Waals surface area contributed by atoms with Crippen LogP contribution in [-0.4, -0.2) is 47.1 Å². The molecule has 1 unspecified atom stereocenters. The Labute approximate surface area is 216 Å². The van der Waals surface area contributed by atoms with Crippen LogP contribution in [-0.2, 0) is 17.5 Å². The van der Waals surface area contributed by atoms with E-state index in [4.69, 9.17) is 28.0 Å². The Balaban J connectivity index is 0.000000568. The van der Waals surface area contributed by atoms with Crippen LogP contribution in [0.5, 0.6) is 0 Å². The van der Waals surface area contributed by atoms with Gasteiger partial charge in [-0.2, -0.15) is 31.4 Å². The summed E-state index contributed by atoms with van der Waals surface area (Å²) in [7, 11) is 1.98. The van der Waals surface area contributed by atoms with E-state index >= 15 is 0 Å². The molecule has 2 heterocycles. The zero-order valence-corrected chi connectivity index (χ0v) is 20.4. The van der Waals surface area contributed by atoms with Crippen molar-refractivity contribution in [2.24, 2.45) is 0 Å². The first kappa shape index (κ1) is 28.5. The molecule has 0 saturated heterocycles. The average molecular weight is 567 g/mol. The lowest BCUT2D eigenvalue weighted by molar-refractivity contribution is -0.156. The highest BCUT2D eigenvalue weighted by molar-refractivity contribution is 6.35. The highest BCUT2D eigenvalue weighted by Crippen LogP contribution is 2.39. The van der Waals surface area contributed by atoms with Crippen LogP contribution in [0.3, 0.4) is 0 Å². The molecule has 0 aliphatic carbocycles. The first-order valence-electron chi connectivity index (χ1n) is 10.4. The number of aromatic amines is 1. The lowest BCUT2D eigenvalue weighted by Crippen LogP contribution is -2.31. The molecule has 37 heavy (non-hydrogen) atoms. The number of halogens is 8. The largest absolute Gasteiger partial charge is 0.446 e.